The molecule has 3 nitrogen and oxygen atoms in total. The molecule has 0 unspecified atom stereocenters. The zero-order valence-corrected chi connectivity index (χ0v) is 12.0. The van der Waals surface area contributed by atoms with Crippen molar-refractivity contribution in [1.82, 2.24) is 0 Å². The molecular weight excluding hydrogens is 250 g/mol. The molecule has 0 heterocycles. The van der Waals surface area contributed by atoms with Gasteiger partial charge in [-0.3, -0.25) is 4.99 Å². The average molecular weight is 269 g/mol. The van der Waals surface area contributed by atoms with E-state index < -0.39 is 0 Å². The molecule has 0 aliphatic rings. The van der Waals surface area contributed by atoms with E-state index in [0.29, 0.717) is 0 Å². The summed E-state index contributed by atoms with van der Waals surface area (Å²) >= 11 is 0. The monoisotopic (exact) mass is 269 g/mol. The van der Waals surface area contributed by atoms with Gasteiger partial charge in [-0.1, -0.05) is 42.5 Å². The molecule has 0 radical (unpaired) electrons. The highest BCUT2D eigenvalue weighted by Gasteiger charge is 2.14. The zero-order valence-electron chi connectivity index (χ0n) is 12.0. The third-order valence-corrected chi connectivity index (χ3v) is 3.13. The highest BCUT2D eigenvalue weighted by Crippen LogP contribution is 2.35. The van der Waals surface area contributed by atoms with Crippen LogP contribution in [0.2, 0.25) is 0 Å². The predicted molar refractivity (Wildman–Crippen MR) is 82.0 cm³/mol. The molecule has 3 heteroatoms. The lowest BCUT2D eigenvalue weighted by atomic mass is 10.1. The first kappa shape index (κ1) is 14.1. The largest absolute Gasteiger partial charge is 0.493 e. The molecule has 0 saturated heterocycles. The molecule has 104 valence electrons. The summed E-state index contributed by atoms with van der Waals surface area (Å²) in [7, 11) is 3.29. The van der Waals surface area contributed by atoms with Crippen LogP contribution < -0.4 is 9.47 Å². The maximum Gasteiger partial charge on any atom is 0.166 e. The summed E-state index contributed by atoms with van der Waals surface area (Å²) in [6, 6.07) is 15.9. The van der Waals surface area contributed by atoms with Crippen LogP contribution in [-0.4, -0.2) is 20.4 Å². The first-order chi connectivity index (χ1) is 9.76. The molecule has 0 aliphatic heterocycles. The van der Waals surface area contributed by atoms with Crippen molar-refractivity contribution in [2.75, 3.05) is 14.2 Å². The summed E-state index contributed by atoms with van der Waals surface area (Å²) in [4.78, 5) is 4.59. The smallest absolute Gasteiger partial charge is 0.166 e. The van der Waals surface area contributed by atoms with Crippen molar-refractivity contribution in [2.45, 2.75) is 13.0 Å². The molecule has 0 spiro atoms. The summed E-state index contributed by atoms with van der Waals surface area (Å²) in [5.74, 6) is 1.47. The minimum absolute atomic E-state index is 0.000237. The Hall–Kier alpha value is -2.29. The number of aliphatic imine (C=N–C) groups is 1. The summed E-state index contributed by atoms with van der Waals surface area (Å²) < 4.78 is 10.8. The SMILES string of the molecule is COc1cccc([C@H](C)N=Cc2ccccc2)c1OC. The van der Waals surface area contributed by atoms with Gasteiger partial charge in [0, 0.05) is 11.8 Å². The lowest BCUT2D eigenvalue weighted by molar-refractivity contribution is 0.350. The predicted octanol–water partition coefficient (Wildman–Crippen LogP) is 3.88. The number of methoxy groups -OCH3 is 2. The lowest BCUT2D eigenvalue weighted by Crippen LogP contribution is -1.98. The molecule has 0 N–H and O–H groups in total. The normalized spacial score (nSPS) is 12.3. The number of nitrogens with zero attached hydrogens (tertiary/aromatic N) is 1. The summed E-state index contributed by atoms with van der Waals surface area (Å²) in [6.45, 7) is 2.04. The quantitative estimate of drug-likeness (QED) is 0.771. The van der Waals surface area contributed by atoms with E-state index in [4.69, 9.17) is 9.47 Å². The summed E-state index contributed by atoms with van der Waals surface area (Å²) in [6.07, 6.45) is 1.88. The van der Waals surface area contributed by atoms with Crippen molar-refractivity contribution >= 4 is 6.21 Å². The van der Waals surface area contributed by atoms with Crippen LogP contribution in [0.15, 0.2) is 53.5 Å². The lowest BCUT2D eigenvalue weighted by Gasteiger charge is -2.15. The Bertz CT molecular complexity index is 579. The van der Waals surface area contributed by atoms with E-state index in [2.05, 4.69) is 4.99 Å². The van der Waals surface area contributed by atoms with Gasteiger partial charge in [0.1, 0.15) is 0 Å². The van der Waals surface area contributed by atoms with E-state index in [-0.39, 0.29) is 6.04 Å². The number of rotatable bonds is 5. The van der Waals surface area contributed by atoms with Crippen molar-refractivity contribution < 1.29 is 9.47 Å². The number of para-hydroxylation sites is 1. The van der Waals surface area contributed by atoms with Gasteiger partial charge in [-0.15, -0.1) is 0 Å². The van der Waals surface area contributed by atoms with Crippen molar-refractivity contribution in [2.24, 2.45) is 4.99 Å². The Balaban J connectivity index is 2.25. The molecule has 2 aromatic rings. The molecule has 0 saturated carbocycles. The molecule has 0 fully saturated rings. The highest BCUT2D eigenvalue weighted by atomic mass is 16.5. The van der Waals surface area contributed by atoms with Crippen LogP contribution in [-0.2, 0) is 0 Å². The van der Waals surface area contributed by atoms with Gasteiger partial charge in [0.2, 0.25) is 0 Å². The van der Waals surface area contributed by atoms with E-state index in [1.54, 1.807) is 14.2 Å². The van der Waals surface area contributed by atoms with Crippen LogP contribution >= 0.6 is 0 Å². The van der Waals surface area contributed by atoms with Crippen LogP contribution in [0.3, 0.4) is 0 Å². The van der Waals surface area contributed by atoms with Gasteiger partial charge in [-0.05, 0) is 18.6 Å². The van der Waals surface area contributed by atoms with Crippen molar-refractivity contribution in [1.29, 1.82) is 0 Å². The Labute approximate surface area is 119 Å². The third kappa shape index (κ3) is 3.18. The van der Waals surface area contributed by atoms with Gasteiger partial charge < -0.3 is 9.47 Å². The molecule has 2 aromatic carbocycles. The number of hydrogen-bond acceptors (Lipinski definition) is 3. The fourth-order valence-corrected chi connectivity index (χ4v) is 2.06. The first-order valence-corrected chi connectivity index (χ1v) is 6.55. The van der Waals surface area contributed by atoms with E-state index in [0.717, 1.165) is 22.6 Å². The van der Waals surface area contributed by atoms with Gasteiger partial charge in [0.25, 0.3) is 0 Å². The number of hydrogen-bond donors (Lipinski definition) is 0. The van der Waals surface area contributed by atoms with Crippen molar-refractivity contribution in [3.05, 3.63) is 59.7 Å². The minimum atomic E-state index is 0.000237. The van der Waals surface area contributed by atoms with Crippen LogP contribution in [0.5, 0.6) is 11.5 Å². The van der Waals surface area contributed by atoms with Gasteiger partial charge in [0.15, 0.2) is 11.5 Å². The molecule has 0 amide bonds. The fraction of sp³-hybridized carbons (Fsp3) is 0.235. The highest BCUT2D eigenvalue weighted by molar-refractivity contribution is 5.79. The summed E-state index contributed by atoms with van der Waals surface area (Å²) in [5, 5.41) is 0. The van der Waals surface area contributed by atoms with Crippen molar-refractivity contribution in [3.8, 4) is 11.5 Å². The van der Waals surface area contributed by atoms with E-state index >= 15 is 0 Å². The van der Waals surface area contributed by atoms with Gasteiger partial charge in [0.05, 0.1) is 20.3 Å². The van der Waals surface area contributed by atoms with Crippen LogP contribution in [0.4, 0.5) is 0 Å². The second-order valence-electron chi connectivity index (χ2n) is 4.45. The molecular formula is C17H19NO2. The maximum atomic E-state index is 5.44. The summed E-state index contributed by atoms with van der Waals surface area (Å²) in [5.41, 5.74) is 2.10. The third-order valence-electron chi connectivity index (χ3n) is 3.13. The van der Waals surface area contributed by atoms with E-state index in [9.17, 15) is 0 Å². The molecule has 0 bridgehead atoms. The number of benzene rings is 2. The van der Waals surface area contributed by atoms with E-state index in [1.807, 2.05) is 61.7 Å². The standard InChI is InChI=1S/C17H19NO2/c1-13(18-12-14-8-5-4-6-9-14)15-10-7-11-16(19-2)17(15)20-3/h4-13H,1-3H3/t13-/m0/s1. The van der Waals surface area contributed by atoms with Crippen LogP contribution in [0, 0.1) is 0 Å². The van der Waals surface area contributed by atoms with Crippen LogP contribution in [0.1, 0.15) is 24.1 Å². The number of ether oxygens (including phenoxy) is 2. The second kappa shape index (κ2) is 6.75. The fourth-order valence-electron chi connectivity index (χ4n) is 2.06. The van der Waals surface area contributed by atoms with E-state index in [1.165, 1.54) is 0 Å². The Kier molecular flexibility index (Phi) is 4.77. The van der Waals surface area contributed by atoms with Crippen molar-refractivity contribution in [3.63, 3.8) is 0 Å². The first-order valence-electron chi connectivity index (χ1n) is 6.55. The van der Waals surface area contributed by atoms with Gasteiger partial charge in [-0.25, -0.2) is 0 Å². The Morgan fingerprint density at radius 1 is 0.950 bits per heavy atom. The maximum absolute atomic E-state index is 5.44. The molecule has 1 atom stereocenters. The molecule has 2 rings (SSSR count). The topological polar surface area (TPSA) is 30.8 Å². The van der Waals surface area contributed by atoms with Gasteiger partial charge >= 0.3 is 0 Å². The molecule has 20 heavy (non-hydrogen) atoms. The average Bonchev–Trinajstić information content (AvgIpc) is 2.52. The Morgan fingerprint density at radius 3 is 2.35 bits per heavy atom. The zero-order chi connectivity index (χ0) is 14.4. The minimum Gasteiger partial charge on any atom is -0.493 e. The second-order valence-corrected chi connectivity index (χ2v) is 4.45. The van der Waals surface area contributed by atoms with Crippen LogP contribution in [0.25, 0.3) is 0 Å². The Morgan fingerprint density at radius 2 is 1.70 bits per heavy atom. The molecule has 0 aromatic heterocycles. The van der Waals surface area contributed by atoms with Gasteiger partial charge in [-0.2, -0.15) is 0 Å². The molecule has 0 aliphatic carbocycles.